The largest absolute Gasteiger partial charge is 0.489 e. The maximum atomic E-state index is 12.9. The van der Waals surface area contributed by atoms with E-state index in [2.05, 4.69) is 0 Å². The van der Waals surface area contributed by atoms with Crippen LogP contribution in [0.15, 0.2) is 48.5 Å². The van der Waals surface area contributed by atoms with Crippen LogP contribution < -0.4 is 10.5 Å². The zero-order valence-corrected chi connectivity index (χ0v) is 15.9. The normalized spacial score (nSPS) is 12.8. The fraction of sp³-hybridized carbons (Fsp3) is 0.368. The third-order valence-corrected chi connectivity index (χ3v) is 6.31. The van der Waals surface area contributed by atoms with E-state index in [4.69, 9.17) is 19.5 Å². The minimum absolute atomic E-state index is 0.319. The predicted molar refractivity (Wildman–Crippen MR) is 101 cm³/mol. The molecule has 0 saturated carbocycles. The van der Waals surface area contributed by atoms with Gasteiger partial charge in [-0.1, -0.05) is 36.4 Å². The summed E-state index contributed by atoms with van der Waals surface area (Å²) in [7, 11) is -3.26. The van der Waals surface area contributed by atoms with Gasteiger partial charge < -0.3 is 19.5 Å². The third kappa shape index (κ3) is 5.08. The molecule has 2 rings (SSSR count). The van der Waals surface area contributed by atoms with E-state index >= 15 is 0 Å². The summed E-state index contributed by atoms with van der Waals surface area (Å²) in [5, 5.41) is 0. The monoisotopic (exact) mass is 363 g/mol. The van der Waals surface area contributed by atoms with Crippen LogP contribution in [0.5, 0.6) is 5.75 Å². The van der Waals surface area contributed by atoms with Crippen molar-refractivity contribution in [3.63, 3.8) is 0 Å². The summed E-state index contributed by atoms with van der Waals surface area (Å²) in [6.45, 7) is 6.50. The van der Waals surface area contributed by atoms with Crippen molar-refractivity contribution in [3.8, 4) is 5.75 Å². The lowest BCUT2D eigenvalue weighted by Crippen LogP contribution is -2.06. The summed E-state index contributed by atoms with van der Waals surface area (Å²) in [5.74, 6) is 0.667. The SMILES string of the molecule is CCOP(=O)(OCC)C(C)c1ccc(OCc2ccccc2)cc1N. The second kappa shape index (κ2) is 9.04. The lowest BCUT2D eigenvalue weighted by atomic mass is 10.1. The van der Waals surface area contributed by atoms with Gasteiger partial charge in [0.05, 0.1) is 18.9 Å². The highest BCUT2D eigenvalue weighted by molar-refractivity contribution is 7.54. The Morgan fingerprint density at radius 3 is 2.24 bits per heavy atom. The first-order chi connectivity index (χ1) is 12.0. The van der Waals surface area contributed by atoms with Crippen molar-refractivity contribution >= 4 is 13.3 Å². The molecule has 0 aliphatic heterocycles. The van der Waals surface area contributed by atoms with Crippen molar-refractivity contribution in [1.29, 1.82) is 0 Å². The van der Waals surface area contributed by atoms with E-state index < -0.39 is 13.3 Å². The third-order valence-electron chi connectivity index (χ3n) is 3.85. The molecule has 0 saturated heterocycles. The molecule has 6 heteroatoms. The molecule has 2 N–H and O–H groups in total. The van der Waals surface area contributed by atoms with Crippen molar-refractivity contribution in [3.05, 3.63) is 59.7 Å². The highest BCUT2D eigenvalue weighted by Crippen LogP contribution is 2.61. The fourth-order valence-electron chi connectivity index (χ4n) is 2.56. The van der Waals surface area contributed by atoms with E-state index in [9.17, 15) is 4.57 Å². The molecule has 0 aliphatic rings. The first kappa shape index (κ1) is 19.5. The van der Waals surface area contributed by atoms with Crippen LogP contribution in [0.1, 0.15) is 37.6 Å². The van der Waals surface area contributed by atoms with Crippen LogP contribution in [0.4, 0.5) is 5.69 Å². The molecule has 2 aromatic rings. The lowest BCUT2D eigenvalue weighted by molar-refractivity contribution is 0.213. The van der Waals surface area contributed by atoms with Gasteiger partial charge in [-0.05, 0) is 38.0 Å². The molecule has 0 fully saturated rings. The Balaban J connectivity index is 2.13. The smallest absolute Gasteiger partial charge is 0.337 e. The van der Waals surface area contributed by atoms with Gasteiger partial charge in [-0.2, -0.15) is 0 Å². The average molecular weight is 363 g/mol. The molecule has 0 aromatic heterocycles. The summed E-state index contributed by atoms with van der Waals surface area (Å²) < 4.78 is 29.6. The molecule has 5 nitrogen and oxygen atoms in total. The van der Waals surface area contributed by atoms with E-state index in [1.54, 1.807) is 19.9 Å². The topological polar surface area (TPSA) is 70.8 Å². The van der Waals surface area contributed by atoms with Gasteiger partial charge in [0.2, 0.25) is 0 Å². The molecule has 0 bridgehead atoms. The predicted octanol–water partition coefficient (Wildman–Crippen LogP) is 5.17. The zero-order valence-electron chi connectivity index (χ0n) is 15.0. The number of nitrogens with two attached hydrogens (primary N) is 1. The summed E-state index contributed by atoms with van der Waals surface area (Å²) in [5.41, 5.74) is 8.04. The van der Waals surface area contributed by atoms with Crippen LogP contribution in [0.25, 0.3) is 0 Å². The van der Waals surface area contributed by atoms with Crippen molar-refractivity contribution < 1.29 is 18.3 Å². The van der Waals surface area contributed by atoms with Gasteiger partial charge in [-0.15, -0.1) is 0 Å². The molecule has 1 atom stereocenters. The maximum Gasteiger partial charge on any atom is 0.337 e. The summed E-state index contributed by atoms with van der Waals surface area (Å²) in [6, 6.07) is 15.3. The number of rotatable bonds is 9. The van der Waals surface area contributed by atoms with Crippen LogP contribution in [0.2, 0.25) is 0 Å². The Bertz CT molecular complexity index is 711. The molecule has 0 spiro atoms. The Morgan fingerprint density at radius 2 is 1.68 bits per heavy atom. The molecule has 2 aromatic carbocycles. The average Bonchev–Trinajstić information content (AvgIpc) is 2.61. The van der Waals surface area contributed by atoms with E-state index in [-0.39, 0.29) is 0 Å². The molecule has 136 valence electrons. The van der Waals surface area contributed by atoms with Crippen molar-refractivity contribution in [2.45, 2.75) is 33.0 Å². The molecule has 1 unspecified atom stereocenters. The van der Waals surface area contributed by atoms with Crippen LogP contribution in [-0.4, -0.2) is 13.2 Å². The molecular weight excluding hydrogens is 337 g/mol. The number of ether oxygens (including phenoxy) is 1. The van der Waals surface area contributed by atoms with E-state index in [0.29, 0.717) is 31.3 Å². The first-order valence-corrected chi connectivity index (χ1v) is 10.1. The number of hydrogen-bond acceptors (Lipinski definition) is 5. The molecule has 0 aliphatic carbocycles. The Kier molecular flexibility index (Phi) is 7.06. The molecule has 0 heterocycles. The van der Waals surface area contributed by atoms with Gasteiger partial charge in [0.25, 0.3) is 0 Å². The standard InChI is InChI=1S/C19H26NO4P/c1-4-23-25(21,24-5-2)15(3)18-12-11-17(13-19(18)20)22-14-16-9-7-6-8-10-16/h6-13,15H,4-5,14,20H2,1-3H3. The number of benzene rings is 2. The zero-order chi connectivity index (χ0) is 18.3. The maximum absolute atomic E-state index is 12.9. The fourth-order valence-corrected chi connectivity index (χ4v) is 4.37. The Labute approximate surface area is 149 Å². The second-order valence-electron chi connectivity index (χ2n) is 5.62. The number of anilines is 1. The first-order valence-electron chi connectivity index (χ1n) is 8.45. The second-order valence-corrected chi connectivity index (χ2v) is 7.99. The van der Waals surface area contributed by atoms with E-state index in [1.165, 1.54) is 0 Å². The van der Waals surface area contributed by atoms with E-state index in [1.807, 2.05) is 49.4 Å². The Hall–Kier alpha value is -1.81. The summed E-state index contributed by atoms with van der Waals surface area (Å²) in [4.78, 5) is 0. The molecule has 0 radical (unpaired) electrons. The molecular formula is C19H26NO4P. The molecule has 0 amide bonds. The van der Waals surface area contributed by atoms with Gasteiger partial charge in [0.15, 0.2) is 0 Å². The molecule has 25 heavy (non-hydrogen) atoms. The lowest BCUT2D eigenvalue weighted by Gasteiger charge is -2.24. The van der Waals surface area contributed by atoms with Crippen LogP contribution in [0, 0.1) is 0 Å². The number of nitrogen functional groups attached to an aromatic ring is 1. The Morgan fingerprint density at radius 1 is 1.04 bits per heavy atom. The highest BCUT2D eigenvalue weighted by Gasteiger charge is 2.34. The quantitative estimate of drug-likeness (QED) is 0.491. The van der Waals surface area contributed by atoms with Gasteiger partial charge in [-0.25, -0.2) is 0 Å². The highest BCUT2D eigenvalue weighted by atomic mass is 31.2. The minimum Gasteiger partial charge on any atom is -0.489 e. The van der Waals surface area contributed by atoms with Gasteiger partial charge >= 0.3 is 7.60 Å². The van der Waals surface area contributed by atoms with Crippen molar-refractivity contribution in [2.24, 2.45) is 0 Å². The minimum atomic E-state index is -3.26. The van der Waals surface area contributed by atoms with Crippen LogP contribution in [0.3, 0.4) is 0 Å². The van der Waals surface area contributed by atoms with Gasteiger partial charge in [0, 0.05) is 11.8 Å². The van der Waals surface area contributed by atoms with Crippen LogP contribution in [-0.2, 0) is 20.2 Å². The van der Waals surface area contributed by atoms with Gasteiger partial charge in [0.1, 0.15) is 12.4 Å². The van der Waals surface area contributed by atoms with Crippen molar-refractivity contribution in [1.82, 2.24) is 0 Å². The van der Waals surface area contributed by atoms with E-state index in [0.717, 1.165) is 11.1 Å². The van der Waals surface area contributed by atoms with Crippen molar-refractivity contribution in [2.75, 3.05) is 18.9 Å². The summed E-state index contributed by atoms with van der Waals surface area (Å²) in [6.07, 6.45) is 0. The van der Waals surface area contributed by atoms with Gasteiger partial charge in [-0.3, -0.25) is 4.57 Å². The number of hydrogen-bond donors (Lipinski definition) is 1. The van der Waals surface area contributed by atoms with Crippen LogP contribution >= 0.6 is 7.60 Å². The summed E-state index contributed by atoms with van der Waals surface area (Å²) >= 11 is 0.